The minimum atomic E-state index is -0.643. The molecular formula is C17H13Cl2FN2O. The number of nitrogens with zero attached hydrogens (tertiary/aromatic N) is 2. The van der Waals surface area contributed by atoms with Crippen LogP contribution in [0.15, 0.2) is 35.1 Å². The van der Waals surface area contributed by atoms with E-state index in [0.29, 0.717) is 28.5 Å². The van der Waals surface area contributed by atoms with Gasteiger partial charge in [0.2, 0.25) is 0 Å². The summed E-state index contributed by atoms with van der Waals surface area (Å²) in [5.41, 5.74) is 1.46. The molecule has 0 saturated carbocycles. The van der Waals surface area contributed by atoms with Gasteiger partial charge >= 0.3 is 0 Å². The minimum Gasteiger partial charge on any atom is -0.268 e. The molecule has 0 bridgehead atoms. The van der Waals surface area contributed by atoms with Crippen LogP contribution in [0, 0.1) is 12.7 Å². The SMILES string of the molecule is CCc1nc2ccc(F)c(Cl)c2c(=O)n1-c1ccc(C)c(Cl)c1. The quantitative estimate of drug-likeness (QED) is 0.671. The smallest absolute Gasteiger partial charge is 0.267 e. The van der Waals surface area contributed by atoms with Crippen molar-refractivity contribution in [1.29, 1.82) is 0 Å². The predicted octanol–water partition coefficient (Wildman–Crippen LogP) is 4.70. The molecule has 0 aliphatic carbocycles. The van der Waals surface area contributed by atoms with E-state index < -0.39 is 11.4 Å². The predicted molar refractivity (Wildman–Crippen MR) is 91.4 cm³/mol. The van der Waals surface area contributed by atoms with Gasteiger partial charge in [-0.25, -0.2) is 9.37 Å². The molecule has 6 heteroatoms. The van der Waals surface area contributed by atoms with E-state index in [9.17, 15) is 9.18 Å². The fourth-order valence-electron chi connectivity index (χ4n) is 2.48. The van der Waals surface area contributed by atoms with Gasteiger partial charge in [-0.05, 0) is 36.8 Å². The average molecular weight is 351 g/mol. The molecule has 0 N–H and O–H groups in total. The van der Waals surface area contributed by atoms with Gasteiger partial charge in [-0.2, -0.15) is 0 Å². The highest BCUT2D eigenvalue weighted by atomic mass is 35.5. The van der Waals surface area contributed by atoms with E-state index in [1.54, 1.807) is 12.1 Å². The van der Waals surface area contributed by atoms with Crippen LogP contribution in [0.4, 0.5) is 4.39 Å². The van der Waals surface area contributed by atoms with Crippen molar-refractivity contribution in [3.8, 4) is 5.69 Å². The monoisotopic (exact) mass is 350 g/mol. The van der Waals surface area contributed by atoms with Crippen molar-refractivity contribution in [1.82, 2.24) is 9.55 Å². The number of aryl methyl sites for hydroxylation is 2. The molecule has 0 aliphatic heterocycles. The largest absolute Gasteiger partial charge is 0.268 e. The molecule has 0 saturated heterocycles. The summed E-state index contributed by atoms with van der Waals surface area (Å²) in [5.74, 6) is -0.0825. The number of rotatable bonds is 2. The normalized spacial score (nSPS) is 11.2. The lowest BCUT2D eigenvalue weighted by Gasteiger charge is -2.14. The Morgan fingerprint density at radius 3 is 2.61 bits per heavy atom. The Bertz CT molecular complexity index is 982. The molecule has 3 nitrogen and oxygen atoms in total. The maximum absolute atomic E-state index is 13.7. The first-order valence-electron chi connectivity index (χ1n) is 7.10. The van der Waals surface area contributed by atoms with E-state index in [1.165, 1.54) is 16.7 Å². The Morgan fingerprint density at radius 1 is 1.22 bits per heavy atom. The fraction of sp³-hybridized carbons (Fsp3) is 0.176. The summed E-state index contributed by atoms with van der Waals surface area (Å²) in [6.07, 6.45) is 0.533. The average Bonchev–Trinajstić information content (AvgIpc) is 2.53. The molecule has 1 heterocycles. The van der Waals surface area contributed by atoms with Gasteiger partial charge in [-0.15, -0.1) is 0 Å². The summed E-state index contributed by atoms with van der Waals surface area (Å²) in [5, 5.41) is 0.400. The molecule has 0 unspecified atom stereocenters. The maximum Gasteiger partial charge on any atom is 0.267 e. The van der Waals surface area contributed by atoms with Gasteiger partial charge in [0.1, 0.15) is 11.6 Å². The first-order chi connectivity index (χ1) is 10.9. The summed E-state index contributed by atoms with van der Waals surface area (Å²) >= 11 is 12.2. The molecule has 2 aromatic carbocycles. The first-order valence-corrected chi connectivity index (χ1v) is 7.85. The molecule has 0 fully saturated rings. The molecule has 23 heavy (non-hydrogen) atoms. The van der Waals surface area contributed by atoms with Crippen molar-refractivity contribution < 1.29 is 4.39 Å². The van der Waals surface area contributed by atoms with Crippen molar-refractivity contribution in [2.75, 3.05) is 0 Å². The van der Waals surface area contributed by atoms with Gasteiger partial charge in [-0.1, -0.05) is 36.2 Å². The number of benzene rings is 2. The molecule has 1 aromatic heterocycles. The highest BCUT2D eigenvalue weighted by Gasteiger charge is 2.16. The van der Waals surface area contributed by atoms with Crippen molar-refractivity contribution in [2.45, 2.75) is 20.3 Å². The Hall–Kier alpha value is -1.91. The van der Waals surface area contributed by atoms with Gasteiger partial charge in [0, 0.05) is 11.4 Å². The van der Waals surface area contributed by atoms with Crippen LogP contribution >= 0.6 is 23.2 Å². The second-order valence-corrected chi connectivity index (χ2v) is 6.00. The number of aromatic nitrogens is 2. The molecular weight excluding hydrogens is 338 g/mol. The third-order valence-corrected chi connectivity index (χ3v) is 4.50. The van der Waals surface area contributed by atoms with Crippen molar-refractivity contribution in [3.63, 3.8) is 0 Å². The lowest BCUT2D eigenvalue weighted by Crippen LogP contribution is -2.24. The van der Waals surface area contributed by atoms with Crippen molar-refractivity contribution in [3.05, 3.63) is 67.9 Å². The summed E-state index contributed by atoms with van der Waals surface area (Å²) < 4.78 is 15.2. The van der Waals surface area contributed by atoms with Crippen molar-refractivity contribution in [2.24, 2.45) is 0 Å². The summed E-state index contributed by atoms with van der Waals surface area (Å²) in [6, 6.07) is 7.97. The number of hydrogen-bond acceptors (Lipinski definition) is 2. The van der Waals surface area contributed by atoms with Gasteiger partial charge in [0.25, 0.3) is 5.56 Å². The molecule has 0 radical (unpaired) electrons. The van der Waals surface area contributed by atoms with E-state index in [0.717, 1.165) is 5.56 Å². The zero-order valence-corrected chi connectivity index (χ0v) is 14.0. The van der Waals surface area contributed by atoms with E-state index in [1.807, 2.05) is 19.9 Å². The van der Waals surface area contributed by atoms with E-state index >= 15 is 0 Å². The van der Waals surface area contributed by atoms with Gasteiger partial charge in [0.15, 0.2) is 0 Å². The molecule has 3 rings (SSSR count). The highest BCUT2D eigenvalue weighted by molar-refractivity contribution is 6.35. The van der Waals surface area contributed by atoms with Crippen LogP contribution in [0.5, 0.6) is 0 Å². The lowest BCUT2D eigenvalue weighted by molar-refractivity contribution is 0.629. The molecule has 0 aliphatic rings. The molecule has 118 valence electrons. The van der Waals surface area contributed by atoms with Crippen LogP contribution < -0.4 is 5.56 Å². The number of hydrogen-bond donors (Lipinski definition) is 0. The molecule has 0 atom stereocenters. The van der Waals surface area contributed by atoms with Crippen LogP contribution in [0.25, 0.3) is 16.6 Å². The van der Waals surface area contributed by atoms with Crippen molar-refractivity contribution >= 4 is 34.1 Å². The summed E-state index contributed by atoms with van der Waals surface area (Å²) in [6.45, 7) is 3.77. The second kappa shape index (κ2) is 5.95. The van der Waals surface area contributed by atoms with Gasteiger partial charge < -0.3 is 0 Å². The summed E-state index contributed by atoms with van der Waals surface area (Å²) in [4.78, 5) is 17.4. The van der Waals surface area contributed by atoms with Crippen LogP contribution in [0.2, 0.25) is 10.0 Å². The van der Waals surface area contributed by atoms with Crippen LogP contribution in [-0.2, 0) is 6.42 Å². The van der Waals surface area contributed by atoms with E-state index in [2.05, 4.69) is 4.98 Å². The topological polar surface area (TPSA) is 34.9 Å². The van der Waals surface area contributed by atoms with E-state index in [4.69, 9.17) is 23.2 Å². The Labute approximate surface area is 142 Å². The highest BCUT2D eigenvalue weighted by Crippen LogP contribution is 2.25. The Kier molecular flexibility index (Phi) is 4.13. The maximum atomic E-state index is 13.7. The first kappa shape index (κ1) is 16.0. The zero-order chi connectivity index (χ0) is 16.7. The lowest BCUT2D eigenvalue weighted by atomic mass is 10.2. The van der Waals surface area contributed by atoms with Crippen LogP contribution in [-0.4, -0.2) is 9.55 Å². The van der Waals surface area contributed by atoms with Crippen LogP contribution in [0.3, 0.4) is 0 Å². The third kappa shape index (κ3) is 2.62. The van der Waals surface area contributed by atoms with Gasteiger partial charge in [0.05, 0.1) is 21.6 Å². The third-order valence-electron chi connectivity index (χ3n) is 3.73. The van der Waals surface area contributed by atoms with Crippen LogP contribution in [0.1, 0.15) is 18.3 Å². The molecule has 0 spiro atoms. The molecule has 3 aromatic rings. The van der Waals surface area contributed by atoms with Gasteiger partial charge in [-0.3, -0.25) is 9.36 Å². The summed E-state index contributed by atoms with van der Waals surface area (Å²) in [7, 11) is 0. The zero-order valence-electron chi connectivity index (χ0n) is 12.5. The second-order valence-electron chi connectivity index (χ2n) is 5.21. The Morgan fingerprint density at radius 2 is 1.96 bits per heavy atom. The minimum absolute atomic E-state index is 0.0700. The van der Waals surface area contributed by atoms with E-state index in [-0.39, 0.29) is 10.4 Å². The number of halogens is 3. The standard InChI is InChI=1S/C17H13Cl2FN2O/c1-3-14-21-13-7-6-12(20)16(19)15(13)17(23)22(14)10-5-4-9(2)11(18)8-10/h4-8H,3H2,1-2H3. The Balaban J connectivity index is 2.43. The molecule has 0 amide bonds. The number of fused-ring (bicyclic) bond motifs is 1. The fourth-order valence-corrected chi connectivity index (χ4v) is 2.89.